The first-order valence-corrected chi connectivity index (χ1v) is 7.92. The monoisotopic (exact) mass is 296 g/mol. The SMILES string of the molecule is CCN1CCC(Nc2nc(C(C)C)nc(Cl)c2C)CC1. The van der Waals surface area contributed by atoms with Gasteiger partial charge in [0.1, 0.15) is 16.8 Å². The predicted molar refractivity (Wildman–Crippen MR) is 84.6 cm³/mol. The molecule has 20 heavy (non-hydrogen) atoms. The van der Waals surface area contributed by atoms with Gasteiger partial charge in [-0.3, -0.25) is 0 Å². The minimum absolute atomic E-state index is 0.288. The maximum atomic E-state index is 6.23. The van der Waals surface area contributed by atoms with Crippen molar-refractivity contribution in [1.82, 2.24) is 14.9 Å². The molecule has 0 bridgehead atoms. The third kappa shape index (κ3) is 3.61. The fourth-order valence-corrected chi connectivity index (χ4v) is 2.67. The summed E-state index contributed by atoms with van der Waals surface area (Å²) in [6.45, 7) is 11.8. The summed E-state index contributed by atoms with van der Waals surface area (Å²) in [6.07, 6.45) is 2.32. The maximum absolute atomic E-state index is 6.23. The third-order valence-electron chi connectivity index (χ3n) is 4.00. The van der Waals surface area contributed by atoms with Gasteiger partial charge < -0.3 is 10.2 Å². The van der Waals surface area contributed by atoms with Crippen LogP contribution in [0.2, 0.25) is 5.15 Å². The van der Waals surface area contributed by atoms with Gasteiger partial charge in [0.2, 0.25) is 0 Å². The van der Waals surface area contributed by atoms with Crippen molar-refractivity contribution in [3.05, 3.63) is 16.5 Å². The Labute approximate surface area is 126 Å². The number of aromatic nitrogens is 2. The zero-order chi connectivity index (χ0) is 14.7. The van der Waals surface area contributed by atoms with Gasteiger partial charge >= 0.3 is 0 Å². The van der Waals surface area contributed by atoms with Gasteiger partial charge in [0, 0.05) is 30.6 Å². The van der Waals surface area contributed by atoms with Crippen LogP contribution in [0.1, 0.15) is 50.9 Å². The Morgan fingerprint density at radius 2 is 1.95 bits per heavy atom. The summed E-state index contributed by atoms with van der Waals surface area (Å²) in [5.41, 5.74) is 0.953. The summed E-state index contributed by atoms with van der Waals surface area (Å²) in [7, 11) is 0. The smallest absolute Gasteiger partial charge is 0.137 e. The molecule has 1 aromatic heterocycles. The van der Waals surface area contributed by atoms with Gasteiger partial charge in [-0.05, 0) is 26.3 Å². The Morgan fingerprint density at radius 1 is 1.30 bits per heavy atom. The largest absolute Gasteiger partial charge is 0.367 e. The Morgan fingerprint density at radius 3 is 2.50 bits per heavy atom. The summed E-state index contributed by atoms with van der Waals surface area (Å²) >= 11 is 6.23. The van der Waals surface area contributed by atoms with E-state index in [4.69, 9.17) is 11.6 Å². The van der Waals surface area contributed by atoms with E-state index in [-0.39, 0.29) is 5.92 Å². The highest BCUT2D eigenvalue weighted by Crippen LogP contribution is 2.25. The number of anilines is 1. The summed E-state index contributed by atoms with van der Waals surface area (Å²) in [4.78, 5) is 11.5. The van der Waals surface area contributed by atoms with Crippen molar-refractivity contribution in [1.29, 1.82) is 0 Å². The Hall–Kier alpha value is -0.870. The highest BCUT2D eigenvalue weighted by Gasteiger charge is 2.20. The molecule has 1 aliphatic rings. The molecule has 2 heterocycles. The van der Waals surface area contributed by atoms with Gasteiger partial charge in [-0.15, -0.1) is 0 Å². The van der Waals surface area contributed by atoms with Gasteiger partial charge in [-0.2, -0.15) is 0 Å². The van der Waals surface area contributed by atoms with E-state index in [9.17, 15) is 0 Å². The van der Waals surface area contributed by atoms with Gasteiger partial charge in [-0.1, -0.05) is 32.4 Å². The van der Waals surface area contributed by atoms with Crippen LogP contribution in [-0.2, 0) is 0 Å². The lowest BCUT2D eigenvalue weighted by atomic mass is 10.0. The van der Waals surface area contributed by atoms with Gasteiger partial charge in [0.25, 0.3) is 0 Å². The Balaban J connectivity index is 2.09. The molecule has 0 atom stereocenters. The first-order chi connectivity index (χ1) is 9.51. The lowest BCUT2D eigenvalue weighted by Gasteiger charge is -2.32. The fourth-order valence-electron chi connectivity index (χ4n) is 2.49. The number of rotatable bonds is 4. The van der Waals surface area contributed by atoms with Crippen molar-refractivity contribution >= 4 is 17.4 Å². The lowest BCUT2D eigenvalue weighted by molar-refractivity contribution is 0.229. The van der Waals surface area contributed by atoms with Crippen molar-refractivity contribution in [2.75, 3.05) is 25.0 Å². The van der Waals surface area contributed by atoms with E-state index in [0.29, 0.717) is 11.2 Å². The van der Waals surface area contributed by atoms with E-state index in [1.165, 1.54) is 0 Å². The van der Waals surface area contributed by atoms with Crippen molar-refractivity contribution < 1.29 is 0 Å². The van der Waals surface area contributed by atoms with Gasteiger partial charge in [-0.25, -0.2) is 9.97 Å². The number of nitrogens with zero attached hydrogens (tertiary/aromatic N) is 3. The molecule has 0 radical (unpaired) electrons. The zero-order valence-electron chi connectivity index (χ0n) is 12.9. The average Bonchev–Trinajstić information content (AvgIpc) is 2.44. The van der Waals surface area contributed by atoms with Crippen LogP contribution < -0.4 is 5.32 Å². The van der Waals surface area contributed by atoms with Crippen molar-refractivity contribution in [2.45, 2.75) is 52.5 Å². The molecule has 0 saturated carbocycles. The lowest BCUT2D eigenvalue weighted by Crippen LogP contribution is -2.39. The number of hydrogen-bond acceptors (Lipinski definition) is 4. The molecule has 112 valence electrons. The number of likely N-dealkylation sites (tertiary alicyclic amines) is 1. The molecule has 2 rings (SSSR count). The van der Waals surface area contributed by atoms with Crippen molar-refractivity contribution in [2.24, 2.45) is 0 Å². The van der Waals surface area contributed by atoms with Gasteiger partial charge in [0.05, 0.1) is 0 Å². The minimum Gasteiger partial charge on any atom is -0.367 e. The average molecular weight is 297 g/mol. The van der Waals surface area contributed by atoms with E-state index >= 15 is 0 Å². The normalized spacial score (nSPS) is 17.7. The second-order valence-electron chi connectivity index (χ2n) is 5.85. The van der Waals surface area contributed by atoms with E-state index in [2.05, 4.69) is 41.0 Å². The number of halogens is 1. The van der Waals surface area contributed by atoms with Crippen LogP contribution in [0.3, 0.4) is 0 Å². The third-order valence-corrected chi connectivity index (χ3v) is 4.36. The highest BCUT2D eigenvalue weighted by molar-refractivity contribution is 6.30. The quantitative estimate of drug-likeness (QED) is 0.864. The number of piperidine rings is 1. The van der Waals surface area contributed by atoms with Gasteiger partial charge in [0.15, 0.2) is 0 Å². The number of nitrogens with one attached hydrogen (secondary N) is 1. The molecule has 0 amide bonds. The predicted octanol–water partition coefficient (Wildman–Crippen LogP) is 3.46. The molecule has 4 nitrogen and oxygen atoms in total. The Kier molecular flexibility index (Phi) is 5.22. The molecule has 1 aromatic rings. The van der Waals surface area contributed by atoms with Crippen LogP contribution in [-0.4, -0.2) is 40.5 Å². The molecule has 0 aromatic carbocycles. The van der Waals surface area contributed by atoms with Crippen molar-refractivity contribution in [3.8, 4) is 0 Å². The van der Waals surface area contributed by atoms with Crippen LogP contribution in [0.25, 0.3) is 0 Å². The first kappa shape index (κ1) is 15.5. The molecular formula is C15H25ClN4. The summed E-state index contributed by atoms with van der Waals surface area (Å²) < 4.78 is 0. The van der Waals surface area contributed by atoms with Crippen LogP contribution in [0.5, 0.6) is 0 Å². The van der Waals surface area contributed by atoms with E-state index in [1.54, 1.807) is 0 Å². The summed E-state index contributed by atoms with van der Waals surface area (Å²) in [5, 5.41) is 4.13. The molecular weight excluding hydrogens is 272 g/mol. The molecule has 1 N–H and O–H groups in total. The van der Waals surface area contributed by atoms with Crippen LogP contribution in [0.15, 0.2) is 0 Å². The highest BCUT2D eigenvalue weighted by atomic mass is 35.5. The molecule has 0 aliphatic carbocycles. The Bertz CT molecular complexity index is 453. The van der Waals surface area contributed by atoms with E-state index in [1.807, 2.05) is 6.92 Å². The van der Waals surface area contributed by atoms with Crippen LogP contribution in [0, 0.1) is 6.92 Å². The molecule has 1 aliphatic heterocycles. The number of hydrogen-bond donors (Lipinski definition) is 1. The fraction of sp³-hybridized carbons (Fsp3) is 0.733. The molecule has 5 heteroatoms. The second-order valence-corrected chi connectivity index (χ2v) is 6.21. The molecule has 1 fully saturated rings. The second kappa shape index (κ2) is 6.72. The van der Waals surface area contributed by atoms with E-state index < -0.39 is 0 Å². The zero-order valence-corrected chi connectivity index (χ0v) is 13.7. The minimum atomic E-state index is 0.288. The maximum Gasteiger partial charge on any atom is 0.137 e. The summed E-state index contributed by atoms with van der Waals surface area (Å²) in [5.74, 6) is 2.01. The van der Waals surface area contributed by atoms with Crippen LogP contribution in [0.4, 0.5) is 5.82 Å². The standard InChI is InChI=1S/C15H25ClN4/c1-5-20-8-6-12(7-9-20)17-15-11(4)13(16)18-14(19-15)10(2)3/h10,12H,5-9H2,1-4H3,(H,17,18,19). The topological polar surface area (TPSA) is 41.0 Å². The van der Waals surface area contributed by atoms with Crippen LogP contribution >= 0.6 is 11.6 Å². The molecule has 0 spiro atoms. The first-order valence-electron chi connectivity index (χ1n) is 7.54. The van der Waals surface area contributed by atoms with Crippen molar-refractivity contribution in [3.63, 3.8) is 0 Å². The molecule has 0 unspecified atom stereocenters. The summed E-state index contributed by atoms with van der Waals surface area (Å²) in [6, 6.07) is 0.488. The van der Waals surface area contributed by atoms with E-state index in [0.717, 1.165) is 49.7 Å². The molecule has 1 saturated heterocycles.